The Balaban J connectivity index is 1.84. The highest BCUT2D eigenvalue weighted by Crippen LogP contribution is 2.14. The Labute approximate surface area is 156 Å². The first-order valence-electron chi connectivity index (χ1n) is 8.06. The first kappa shape index (κ1) is 17.8. The van der Waals surface area contributed by atoms with E-state index in [2.05, 4.69) is 5.32 Å². The Morgan fingerprint density at radius 1 is 1.08 bits per heavy atom. The number of allylic oxidation sites excluding steroid dienone is 1. The number of rotatable bonds is 5. The summed E-state index contributed by atoms with van der Waals surface area (Å²) in [6, 6.07) is 16.0. The molecule has 0 aliphatic heterocycles. The molecule has 3 rings (SSSR count). The second-order valence-corrected chi connectivity index (χ2v) is 6.22. The monoisotopic (exact) mass is 367 g/mol. The van der Waals surface area contributed by atoms with Gasteiger partial charge in [0.05, 0.1) is 11.4 Å². The fourth-order valence-electron chi connectivity index (χ4n) is 2.65. The van der Waals surface area contributed by atoms with Gasteiger partial charge in [-0.05, 0) is 43.3 Å². The number of nitrogens with one attached hydrogen (secondary N) is 1. The van der Waals surface area contributed by atoms with Crippen LogP contribution in [0.5, 0.6) is 0 Å². The Bertz CT molecular complexity index is 1020. The maximum atomic E-state index is 12.7. The van der Waals surface area contributed by atoms with Crippen LogP contribution in [0.1, 0.15) is 16.1 Å². The third-order valence-electron chi connectivity index (χ3n) is 4.15. The molecule has 0 aliphatic carbocycles. The van der Waals surface area contributed by atoms with E-state index in [1.54, 1.807) is 33.6 Å². The van der Waals surface area contributed by atoms with Gasteiger partial charge in [0.1, 0.15) is 5.69 Å². The summed E-state index contributed by atoms with van der Waals surface area (Å²) < 4.78 is 3.35. The van der Waals surface area contributed by atoms with Gasteiger partial charge in [-0.1, -0.05) is 29.8 Å². The lowest BCUT2D eigenvalue weighted by atomic mass is 10.1. The molecule has 0 bridgehead atoms. The lowest BCUT2D eigenvalue weighted by Crippen LogP contribution is -2.20. The van der Waals surface area contributed by atoms with Crippen LogP contribution in [0.3, 0.4) is 0 Å². The second-order valence-electron chi connectivity index (χ2n) is 5.79. The van der Waals surface area contributed by atoms with E-state index >= 15 is 0 Å². The third-order valence-corrected chi connectivity index (χ3v) is 4.40. The van der Waals surface area contributed by atoms with Crippen molar-refractivity contribution in [2.45, 2.75) is 6.92 Å². The molecule has 0 radical (unpaired) electrons. The fraction of sp³-hybridized carbons (Fsp3) is 0.100. The standard InChI is InChI=1S/C20H18ClN3O2/c1-14-19(20(26)24(23(14)2)17-6-4-3-5-7-17)22-13-12-18(25)15-8-10-16(21)11-9-15/h3-13,22H,1-2H3/b13-12+. The van der Waals surface area contributed by atoms with Crippen LogP contribution < -0.4 is 10.9 Å². The smallest absolute Gasteiger partial charge is 0.295 e. The van der Waals surface area contributed by atoms with E-state index in [9.17, 15) is 9.59 Å². The van der Waals surface area contributed by atoms with Gasteiger partial charge in [-0.25, -0.2) is 4.68 Å². The average Bonchev–Trinajstić information content (AvgIpc) is 2.86. The van der Waals surface area contributed by atoms with Crippen molar-refractivity contribution in [2.75, 3.05) is 5.32 Å². The van der Waals surface area contributed by atoms with E-state index in [1.807, 2.05) is 44.3 Å². The number of nitrogens with zero attached hydrogens (tertiary/aromatic N) is 2. The van der Waals surface area contributed by atoms with Gasteiger partial charge in [0.25, 0.3) is 5.56 Å². The molecular formula is C20H18ClN3O2. The van der Waals surface area contributed by atoms with E-state index in [0.29, 0.717) is 16.3 Å². The van der Waals surface area contributed by atoms with Crippen LogP contribution in [0.2, 0.25) is 5.02 Å². The van der Waals surface area contributed by atoms with Gasteiger partial charge in [0.15, 0.2) is 5.78 Å². The van der Waals surface area contributed by atoms with Gasteiger partial charge in [0, 0.05) is 29.9 Å². The third kappa shape index (κ3) is 3.48. The molecule has 6 heteroatoms. The van der Waals surface area contributed by atoms with Gasteiger partial charge in [-0.15, -0.1) is 0 Å². The zero-order valence-electron chi connectivity index (χ0n) is 14.4. The molecule has 1 N–H and O–H groups in total. The number of hydrogen-bond donors (Lipinski definition) is 1. The van der Waals surface area contributed by atoms with Crippen molar-refractivity contribution in [3.63, 3.8) is 0 Å². The molecule has 0 saturated heterocycles. The molecule has 1 heterocycles. The predicted octanol–water partition coefficient (Wildman–Crippen LogP) is 3.95. The largest absolute Gasteiger partial charge is 0.356 e. The van der Waals surface area contributed by atoms with Gasteiger partial charge < -0.3 is 5.32 Å². The predicted molar refractivity (Wildman–Crippen MR) is 104 cm³/mol. The van der Waals surface area contributed by atoms with Crippen molar-refractivity contribution < 1.29 is 4.79 Å². The summed E-state index contributed by atoms with van der Waals surface area (Å²) in [6.45, 7) is 1.85. The SMILES string of the molecule is Cc1c(N/C=C/C(=O)c2ccc(Cl)cc2)c(=O)n(-c2ccccc2)n1C. The molecular weight excluding hydrogens is 350 g/mol. The average molecular weight is 368 g/mol. The summed E-state index contributed by atoms with van der Waals surface area (Å²) in [5.41, 5.74) is 2.31. The molecule has 2 aromatic carbocycles. The maximum Gasteiger partial charge on any atom is 0.295 e. The first-order valence-corrected chi connectivity index (χ1v) is 8.44. The van der Waals surface area contributed by atoms with E-state index in [4.69, 9.17) is 11.6 Å². The molecule has 5 nitrogen and oxygen atoms in total. The zero-order chi connectivity index (χ0) is 18.7. The molecule has 1 aromatic heterocycles. The van der Waals surface area contributed by atoms with Gasteiger partial charge in [0.2, 0.25) is 0 Å². The van der Waals surface area contributed by atoms with Crippen LogP contribution in [0.15, 0.2) is 71.7 Å². The molecule has 0 fully saturated rings. The van der Waals surface area contributed by atoms with Crippen molar-refractivity contribution >= 4 is 23.1 Å². The number of para-hydroxylation sites is 1. The van der Waals surface area contributed by atoms with Crippen LogP contribution in [0, 0.1) is 6.92 Å². The number of carbonyl (C=O) groups is 1. The Morgan fingerprint density at radius 3 is 2.38 bits per heavy atom. The topological polar surface area (TPSA) is 56.0 Å². The fourth-order valence-corrected chi connectivity index (χ4v) is 2.77. The van der Waals surface area contributed by atoms with Crippen LogP contribution >= 0.6 is 11.6 Å². The molecule has 3 aromatic rings. The van der Waals surface area contributed by atoms with Crippen molar-refractivity contribution in [1.82, 2.24) is 9.36 Å². The van der Waals surface area contributed by atoms with Crippen molar-refractivity contribution in [3.8, 4) is 5.69 Å². The van der Waals surface area contributed by atoms with E-state index in [-0.39, 0.29) is 11.3 Å². The molecule has 26 heavy (non-hydrogen) atoms. The van der Waals surface area contributed by atoms with Crippen LogP contribution in [-0.4, -0.2) is 15.1 Å². The van der Waals surface area contributed by atoms with Gasteiger partial charge in [-0.3, -0.25) is 14.3 Å². The Morgan fingerprint density at radius 2 is 1.73 bits per heavy atom. The first-order chi connectivity index (χ1) is 12.5. The number of aromatic nitrogens is 2. The number of benzene rings is 2. The summed E-state index contributed by atoms with van der Waals surface area (Å²) in [4.78, 5) is 24.9. The minimum atomic E-state index is -0.181. The highest BCUT2D eigenvalue weighted by atomic mass is 35.5. The summed E-state index contributed by atoms with van der Waals surface area (Å²) in [6.07, 6.45) is 2.87. The Kier molecular flexibility index (Phi) is 5.09. The summed E-state index contributed by atoms with van der Waals surface area (Å²) in [5, 5.41) is 3.52. The molecule has 0 unspecified atom stereocenters. The number of anilines is 1. The van der Waals surface area contributed by atoms with Crippen LogP contribution in [0.4, 0.5) is 5.69 Å². The van der Waals surface area contributed by atoms with E-state index < -0.39 is 0 Å². The summed E-state index contributed by atoms with van der Waals surface area (Å²) in [7, 11) is 1.82. The molecule has 0 spiro atoms. The number of hydrogen-bond acceptors (Lipinski definition) is 3. The van der Waals surface area contributed by atoms with E-state index in [1.165, 1.54) is 12.3 Å². The molecule has 132 valence electrons. The molecule has 0 atom stereocenters. The van der Waals surface area contributed by atoms with Gasteiger partial charge >= 0.3 is 0 Å². The highest BCUT2D eigenvalue weighted by molar-refractivity contribution is 6.30. The molecule has 0 amide bonds. The number of carbonyl (C=O) groups excluding carboxylic acids is 1. The van der Waals surface area contributed by atoms with E-state index in [0.717, 1.165) is 11.4 Å². The maximum absolute atomic E-state index is 12.7. The Hall–Kier alpha value is -3.05. The number of ketones is 1. The van der Waals surface area contributed by atoms with Gasteiger partial charge in [-0.2, -0.15) is 0 Å². The molecule has 0 saturated carbocycles. The summed E-state index contributed by atoms with van der Waals surface area (Å²) in [5.74, 6) is -0.175. The second kappa shape index (κ2) is 7.45. The molecule has 0 aliphatic rings. The highest BCUT2D eigenvalue weighted by Gasteiger charge is 2.14. The minimum absolute atomic E-state index is 0.175. The summed E-state index contributed by atoms with van der Waals surface area (Å²) >= 11 is 5.82. The minimum Gasteiger partial charge on any atom is -0.356 e. The van der Waals surface area contributed by atoms with Crippen molar-refractivity contribution in [3.05, 3.63) is 93.5 Å². The zero-order valence-corrected chi connectivity index (χ0v) is 15.2. The normalized spacial score (nSPS) is 11.0. The number of halogens is 1. The lowest BCUT2D eigenvalue weighted by molar-refractivity contribution is 0.104. The van der Waals surface area contributed by atoms with Crippen LogP contribution in [-0.2, 0) is 7.05 Å². The van der Waals surface area contributed by atoms with Crippen molar-refractivity contribution in [2.24, 2.45) is 7.05 Å². The van der Waals surface area contributed by atoms with Crippen LogP contribution in [0.25, 0.3) is 5.69 Å². The quantitative estimate of drug-likeness (QED) is 0.548. The lowest BCUT2D eigenvalue weighted by Gasteiger charge is -2.07. The van der Waals surface area contributed by atoms with Crippen molar-refractivity contribution in [1.29, 1.82) is 0 Å².